The van der Waals surface area contributed by atoms with Crippen molar-refractivity contribution in [3.05, 3.63) is 29.8 Å². The average Bonchev–Trinajstić information content (AvgIpc) is 2.70. The van der Waals surface area contributed by atoms with E-state index in [0.717, 1.165) is 48.0 Å². The molecule has 2 aliphatic rings. The number of rotatable bonds is 7. The minimum atomic E-state index is -0.215. The van der Waals surface area contributed by atoms with Crippen LogP contribution in [0.15, 0.2) is 18.3 Å². The van der Waals surface area contributed by atoms with Crippen LogP contribution in [0, 0.1) is 24.7 Å². The van der Waals surface area contributed by atoms with Gasteiger partial charge < -0.3 is 19.7 Å². The van der Waals surface area contributed by atoms with Crippen molar-refractivity contribution in [2.45, 2.75) is 46.1 Å². The van der Waals surface area contributed by atoms with Crippen LogP contribution in [0.2, 0.25) is 0 Å². The Morgan fingerprint density at radius 3 is 2.65 bits per heavy atom. The van der Waals surface area contributed by atoms with Crippen molar-refractivity contribution in [2.24, 2.45) is 17.8 Å². The number of likely N-dealkylation sites (N-methyl/N-ethyl adjacent to an activating group) is 1. The van der Waals surface area contributed by atoms with E-state index in [-0.39, 0.29) is 17.9 Å². The van der Waals surface area contributed by atoms with Crippen LogP contribution in [0.4, 0.5) is 11.5 Å². The number of carbonyl (C=O) groups is 1. The lowest BCUT2D eigenvalue weighted by Crippen LogP contribution is -2.49. The highest BCUT2D eigenvalue weighted by molar-refractivity contribution is 6.03. The number of aromatic nitrogens is 3. The number of methoxy groups -OCH3 is 1. The first kappa shape index (κ1) is 21.3. The molecule has 31 heavy (non-hydrogen) atoms. The number of carbonyl (C=O) groups excluding carboxylic acids is 1. The Kier molecular flexibility index (Phi) is 5.98. The number of nitrogens with zero attached hydrogens (tertiary/aromatic N) is 4. The van der Waals surface area contributed by atoms with E-state index in [1.807, 2.05) is 24.9 Å². The van der Waals surface area contributed by atoms with E-state index in [4.69, 9.17) is 14.5 Å². The number of hydrogen-bond donors (Lipinski definition) is 1. The molecule has 3 heterocycles. The molecule has 0 saturated heterocycles. The molecule has 1 N–H and O–H groups in total. The van der Waals surface area contributed by atoms with E-state index < -0.39 is 0 Å². The lowest BCUT2D eigenvalue weighted by Gasteiger charge is -2.38. The van der Waals surface area contributed by atoms with Gasteiger partial charge in [0.15, 0.2) is 5.82 Å². The molecule has 1 atom stereocenters. The van der Waals surface area contributed by atoms with Crippen LogP contribution < -0.4 is 19.7 Å². The van der Waals surface area contributed by atoms with Crippen molar-refractivity contribution in [3.63, 3.8) is 0 Å². The van der Waals surface area contributed by atoms with Crippen LogP contribution in [0.3, 0.4) is 0 Å². The van der Waals surface area contributed by atoms with E-state index in [1.54, 1.807) is 19.4 Å². The minimum absolute atomic E-state index is 0.0124. The van der Waals surface area contributed by atoms with E-state index >= 15 is 0 Å². The Labute approximate surface area is 183 Å². The highest BCUT2D eigenvalue weighted by Gasteiger charge is 2.36. The molecule has 0 unspecified atom stereocenters. The zero-order valence-corrected chi connectivity index (χ0v) is 18.9. The first-order valence-corrected chi connectivity index (χ1v) is 10.9. The Balaban J connectivity index is 1.34. The molecule has 0 bridgehead atoms. The molecule has 1 amide bonds. The van der Waals surface area contributed by atoms with Gasteiger partial charge in [-0.1, -0.05) is 13.8 Å². The average molecular weight is 426 g/mol. The summed E-state index contributed by atoms with van der Waals surface area (Å²) in [6, 6.07) is 3.47. The molecule has 0 radical (unpaired) electrons. The number of amides is 1. The highest BCUT2D eigenvalue weighted by atomic mass is 16.5. The smallest absolute Gasteiger partial charge is 0.247 e. The standard InChI is InChI=1S/C23H31N5O3/c1-13(2)21-23(29)27-20-14(3)25-18(26-22(20)28(21)4)10-15-8-16(9-15)12-31-17-6-7-19(30-5)24-11-17/h6-7,11,13,15-16,21H,8-10,12H2,1-5H3,(H,27,29)/t15?,16?,21-/m0/s1. The van der Waals surface area contributed by atoms with Gasteiger partial charge in [0, 0.05) is 19.5 Å². The second-order valence-electron chi connectivity index (χ2n) is 8.97. The second-order valence-corrected chi connectivity index (χ2v) is 8.97. The van der Waals surface area contributed by atoms with Gasteiger partial charge in [0.2, 0.25) is 11.8 Å². The highest BCUT2D eigenvalue weighted by Crippen LogP contribution is 2.38. The van der Waals surface area contributed by atoms with E-state index in [0.29, 0.717) is 24.3 Å². The normalized spacial score (nSPS) is 22.6. The van der Waals surface area contributed by atoms with Crippen molar-refractivity contribution in [1.29, 1.82) is 0 Å². The van der Waals surface area contributed by atoms with Gasteiger partial charge in [-0.2, -0.15) is 0 Å². The van der Waals surface area contributed by atoms with Crippen molar-refractivity contribution >= 4 is 17.4 Å². The molecule has 1 fully saturated rings. The maximum Gasteiger partial charge on any atom is 0.247 e. The fourth-order valence-electron chi connectivity index (χ4n) is 4.58. The van der Waals surface area contributed by atoms with Crippen LogP contribution in [-0.2, 0) is 11.2 Å². The quantitative estimate of drug-likeness (QED) is 0.728. The Morgan fingerprint density at radius 1 is 1.23 bits per heavy atom. The topological polar surface area (TPSA) is 89.5 Å². The molecule has 1 aliphatic carbocycles. The number of fused-ring (bicyclic) bond motifs is 1. The third-order valence-corrected chi connectivity index (χ3v) is 6.23. The van der Waals surface area contributed by atoms with Crippen LogP contribution in [0.5, 0.6) is 11.6 Å². The maximum atomic E-state index is 12.5. The number of hydrogen-bond acceptors (Lipinski definition) is 7. The number of aryl methyl sites for hydroxylation is 1. The first-order valence-electron chi connectivity index (χ1n) is 10.9. The molecule has 0 spiro atoms. The molecule has 1 aliphatic heterocycles. The molecule has 0 aromatic carbocycles. The predicted molar refractivity (Wildman–Crippen MR) is 119 cm³/mol. The van der Waals surface area contributed by atoms with E-state index in [9.17, 15) is 4.79 Å². The van der Waals surface area contributed by atoms with Crippen molar-refractivity contribution < 1.29 is 14.3 Å². The summed E-state index contributed by atoms with van der Waals surface area (Å²) in [5.74, 6) is 4.34. The molecule has 1 saturated carbocycles. The van der Waals surface area contributed by atoms with Crippen molar-refractivity contribution in [3.8, 4) is 11.6 Å². The summed E-state index contributed by atoms with van der Waals surface area (Å²) in [5, 5.41) is 3.01. The summed E-state index contributed by atoms with van der Waals surface area (Å²) in [6.45, 7) is 6.74. The largest absolute Gasteiger partial charge is 0.492 e. The number of ether oxygens (including phenoxy) is 2. The summed E-state index contributed by atoms with van der Waals surface area (Å²) < 4.78 is 10.9. The summed E-state index contributed by atoms with van der Waals surface area (Å²) in [4.78, 5) is 28.2. The van der Waals surface area contributed by atoms with Gasteiger partial charge in [-0.15, -0.1) is 0 Å². The fourth-order valence-corrected chi connectivity index (χ4v) is 4.58. The van der Waals surface area contributed by atoms with Gasteiger partial charge in [-0.3, -0.25) is 4.79 Å². The monoisotopic (exact) mass is 425 g/mol. The van der Waals surface area contributed by atoms with Crippen LogP contribution >= 0.6 is 0 Å². The minimum Gasteiger partial charge on any atom is -0.492 e. The lowest BCUT2D eigenvalue weighted by atomic mass is 9.73. The van der Waals surface area contributed by atoms with Gasteiger partial charge in [0.1, 0.15) is 23.3 Å². The molecule has 166 valence electrons. The van der Waals surface area contributed by atoms with Crippen molar-refractivity contribution in [2.75, 3.05) is 31.0 Å². The SMILES string of the molecule is COc1ccc(OCC2CC(Cc3nc(C)c4c(n3)N(C)[C@@H](C(C)C)C(=O)N4)C2)cn1. The second kappa shape index (κ2) is 8.69. The molecule has 2 aromatic rings. The van der Waals surface area contributed by atoms with Crippen LogP contribution in [-0.4, -0.2) is 47.7 Å². The molecule has 4 rings (SSSR count). The van der Waals surface area contributed by atoms with Gasteiger partial charge >= 0.3 is 0 Å². The molecular weight excluding hydrogens is 394 g/mol. The third-order valence-electron chi connectivity index (χ3n) is 6.23. The summed E-state index contributed by atoms with van der Waals surface area (Å²) in [7, 11) is 3.55. The zero-order valence-electron chi connectivity index (χ0n) is 18.9. The molecular formula is C23H31N5O3. The van der Waals surface area contributed by atoms with Gasteiger partial charge in [-0.05, 0) is 43.6 Å². The molecule has 8 heteroatoms. The first-order chi connectivity index (χ1) is 14.9. The lowest BCUT2D eigenvalue weighted by molar-refractivity contribution is -0.118. The van der Waals surface area contributed by atoms with E-state index in [1.165, 1.54) is 0 Å². The van der Waals surface area contributed by atoms with E-state index in [2.05, 4.69) is 29.1 Å². The molecule has 2 aromatic heterocycles. The Hall–Kier alpha value is -2.90. The summed E-state index contributed by atoms with van der Waals surface area (Å²) >= 11 is 0. The Morgan fingerprint density at radius 2 is 2.00 bits per heavy atom. The van der Waals surface area contributed by atoms with Crippen LogP contribution in [0.25, 0.3) is 0 Å². The van der Waals surface area contributed by atoms with Gasteiger partial charge in [-0.25, -0.2) is 15.0 Å². The fraction of sp³-hybridized carbons (Fsp3) is 0.565. The van der Waals surface area contributed by atoms with Gasteiger partial charge in [0.25, 0.3) is 0 Å². The molecule has 8 nitrogen and oxygen atoms in total. The third kappa shape index (κ3) is 4.43. The van der Waals surface area contributed by atoms with Crippen molar-refractivity contribution in [1.82, 2.24) is 15.0 Å². The van der Waals surface area contributed by atoms with Gasteiger partial charge in [0.05, 0.1) is 25.6 Å². The summed E-state index contributed by atoms with van der Waals surface area (Å²) in [6.07, 6.45) is 4.75. The maximum absolute atomic E-state index is 12.5. The number of anilines is 2. The zero-order chi connectivity index (χ0) is 22.1. The number of pyridine rings is 1. The Bertz CT molecular complexity index is 941. The summed E-state index contributed by atoms with van der Waals surface area (Å²) in [5.41, 5.74) is 1.56. The number of nitrogens with one attached hydrogen (secondary N) is 1. The van der Waals surface area contributed by atoms with Crippen LogP contribution in [0.1, 0.15) is 38.2 Å². The predicted octanol–water partition coefficient (Wildman–Crippen LogP) is 3.25.